The third kappa shape index (κ3) is 20.8. The number of nitrogens with zero attached hydrogens (tertiary/aromatic N) is 10. The van der Waals surface area contributed by atoms with Crippen LogP contribution in [0.1, 0.15) is 104 Å². The highest BCUT2D eigenvalue weighted by molar-refractivity contribution is 7.45. The van der Waals surface area contributed by atoms with Gasteiger partial charge in [-0.2, -0.15) is 15.2 Å². The van der Waals surface area contributed by atoms with Crippen molar-refractivity contribution < 1.29 is 68.8 Å². The van der Waals surface area contributed by atoms with Gasteiger partial charge in [0.2, 0.25) is 11.8 Å². The number of benzene rings is 7. The van der Waals surface area contributed by atoms with E-state index in [1.165, 1.54) is 66.5 Å². The molecule has 11 aromatic rings. The number of fused-ring (bicyclic) bond motifs is 4. The van der Waals surface area contributed by atoms with Gasteiger partial charge >= 0.3 is 11.4 Å². The molecule has 9 aliphatic rings. The lowest BCUT2D eigenvalue weighted by molar-refractivity contribution is -0.118. The Bertz CT molecular complexity index is 5860. The van der Waals surface area contributed by atoms with E-state index in [1.54, 1.807) is 24.3 Å². The van der Waals surface area contributed by atoms with Gasteiger partial charge in [-0.05, 0) is 88.1 Å². The van der Waals surface area contributed by atoms with Crippen molar-refractivity contribution in [3.05, 3.63) is 285 Å². The topological polar surface area (TPSA) is 317 Å². The number of nitrogens with one attached hydrogen (secondary N) is 3. The lowest BCUT2D eigenvalue weighted by atomic mass is 10.1. The van der Waals surface area contributed by atoms with Gasteiger partial charge < -0.3 is 50.8 Å². The predicted octanol–water partition coefficient (Wildman–Crippen LogP) is 13.3. The average molecular weight is 1980 g/mol. The van der Waals surface area contributed by atoms with Gasteiger partial charge in [0.25, 0.3) is 42.6 Å². The minimum absolute atomic E-state index is 0.0243. The lowest BCUT2D eigenvalue weighted by Gasteiger charge is -2.32. The molecule has 0 saturated carbocycles. The van der Waals surface area contributed by atoms with Gasteiger partial charge in [0.05, 0.1) is 55.4 Å². The number of para-hydroxylation sites is 1. The average Bonchev–Trinajstić information content (AvgIpc) is 1.63. The molecule has 29 nitrogen and oxygen atoms in total. The highest BCUT2D eigenvalue weighted by atomic mass is 31.2. The van der Waals surface area contributed by atoms with Crippen LogP contribution in [0.4, 0.5) is 19.1 Å². The maximum absolute atomic E-state index is 17.0. The monoisotopic (exact) mass is 1980 g/mol. The van der Waals surface area contributed by atoms with Crippen LogP contribution in [0.25, 0.3) is 11.2 Å². The molecule has 0 spiro atoms. The SMILES string of the molecule is CC[C@H]1O[C@@H](n2ccc(=O)[nH]c2=O)[C@@H](F)C1O[P@@]1O[C@H](C[Si](C)(c2ccccc2)c2ccccc2)[C@@H]2CCCN21.CC[C@H]1O[C@@H](n2ccc(=O)[nH]c2=O)[C@@H](F)C1O[P@]1O[C@@H](C[Si](C)(c2ccccc2)c2ccccc2)[C@H]2CCCN21.CC[C@H]1O[C@@H](n2cnc3c(OCCC#N)nc(NC(=O)COc4ccccc4)nc32)[C@@H](F)C1O[P@]1O[C@@H](C[Si](C)(c2ccccc2)c2ccccc2)[C@H]2CCCN21. The smallest absolute Gasteiger partial charge is 0.330 e. The van der Waals surface area contributed by atoms with Crippen LogP contribution in [0.3, 0.4) is 0 Å². The number of aromatic amines is 2. The number of H-pyrrole nitrogens is 2. The standard InChI is InChI=1S/C41H45FN7O6PSi.2C29H35FN3O5PSi/c1-3-32-37(55-56-49-23-13-21-31(49)33(54-56)26-57(2,29-17-9-5-10-18-29)30-19-11-6-12-20-30)35(42)40(53-32)48-27-44-36-38(48)46-41(47-39(36)51-24-14-22-43)45-34(50)25-52-28-15-7-4-8-16-28;2*1-3-23-27(26(30)28(36-23)32-18-16-25(34)31-29(32)35)38-39-33-17-10-15-22(33)24(37-39)19-40(2,20-11-6-4-7-12-20)21-13-8-5-9-14-21/h4-12,15-20,27,31-33,35,37,40H,3,13-14,21,23-26H2,1-2H3,(H,45,46,47,50);2*4-9,11-14,16,18,22-24,26-28H,3,10,15,17,19H2,1-2H3,(H,31,34,35)/t31-,32-,33+,35+,37?,40-,56+;22-,23+,24+,26-,27?,28+,39+;22-,23-,24+,26+,27?,28-,39+/m101/s1. The molecule has 13 heterocycles. The molecule has 9 saturated heterocycles. The maximum atomic E-state index is 17.0. The van der Waals surface area contributed by atoms with Crippen LogP contribution >= 0.6 is 25.6 Å². The van der Waals surface area contributed by atoms with Crippen molar-refractivity contribution in [1.29, 1.82) is 5.26 Å². The van der Waals surface area contributed by atoms with E-state index in [2.05, 4.69) is 246 Å². The summed E-state index contributed by atoms with van der Waals surface area (Å²) in [5.41, 5.74) is -2.06. The van der Waals surface area contributed by atoms with Crippen LogP contribution in [-0.4, -0.2) is 207 Å². The normalized spacial score (nSPS) is 28.1. The van der Waals surface area contributed by atoms with Gasteiger partial charge in [-0.3, -0.25) is 43.4 Å². The van der Waals surface area contributed by atoms with Crippen molar-refractivity contribution in [2.45, 2.75) is 233 Å². The molecule has 21 atom stereocenters. The Labute approximate surface area is 799 Å². The molecule has 9 fully saturated rings. The van der Waals surface area contributed by atoms with Gasteiger partial charge in [-0.15, -0.1) is 0 Å². The van der Waals surface area contributed by atoms with Crippen molar-refractivity contribution in [2.75, 3.05) is 38.2 Å². The van der Waals surface area contributed by atoms with Crippen molar-refractivity contribution in [2.24, 2.45) is 0 Å². The van der Waals surface area contributed by atoms with Gasteiger partial charge in [0, 0.05) is 62.3 Å². The third-order valence-electron chi connectivity index (χ3n) is 28.1. The van der Waals surface area contributed by atoms with Crippen molar-refractivity contribution >= 4 is 104 Å². The zero-order chi connectivity index (χ0) is 95.1. The second-order valence-electron chi connectivity index (χ2n) is 36.6. The van der Waals surface area contributed by atoms with Crippen LogP contribution in [-0.2, 0) is 46.1 Å². The molecule has 137 heavy (non-hydrogen) atoms. The summed E-state index contributed by atoms with van der Waals surface area (Å²) in [6, 6.07) is 81.0. The number of amides is 1. The Kier molecular flexibility index (Phi) is 31.0. The molecule has 1 amide bonds. The Hall–Kier alpha value is -9.74. The fraction of sp³-hybridized carbons (Fsp3) is 0.424. The maximum Gasteiger partial charge on any atom is 0.330 e. The number of ether oxygens (including phenoxy) is 5. The summed E-state index contributed by atoms with van der Waals surface area (Å²) >= 11 is 0. The zero-order valence-electron chi connectivity index (χ0n) is 77.2. The Balaban J connectivity index is 0.000000140. The summed E-state index contributed by atoms with van der Waals surface area (Å²) in [6.07, 6.45) is -0.974. The largest absolute Gasteiger partial charge is 0.484 e. The number of anilines is 1. The second kappa shape index (κ2) is 43.6. The number of rotatable bonds is 31. The van der Waals surface area contributed by atoms with E-state index in [0.717, 1.165) is 85.4 Å². The Morgan fingerprint density at radius 2 is 0.803 bits per heavy atom. The minimum Gasteiger partial charge on any atom is -0.484 e. The summed E-state index contributed by atoms with van der Waals surface area (Å²) in [6.45, 7) is 15.3. The minimum atomic E-state index is -2.24. The van der Waals surface area contributed by atoms with Crippen LogP contribution in [0.2, 0.25) is 37.8 Å². The number of carbonyl (C=O) groups is 1. The molecule has 0 aliphatic carbocycles. The first-order valence-corrected chi connectivity index (χ1v) is 58.9. The van der Waals surface area contributed by atoms with Gasteiger partial charge in [-0.1, -0.05) is 272 Å². The van der Waals surface area contributed by atoms with Gasteiger partial charge in [-0.25, -0.2) is 41.8 Å². The molecule has 3 N–H and O–H groups in total. The van der Waals surface area contributed by atoms with Crippen molar-refractivity contribution in [3.8, 4) is 17.7 Å². The number of hydrogen-bond donors (Lipinski definition) is 3. The number of aromatic nitrogens is 8. The molecule has 3 unspecified atom stereocenters. The first-order chi connectivity index (χ1) is 66.6. The van der Waals surface area contributed by atoms with Gasteiger partial charge in [0.15, 0.2) is 55.0 Å². The van der Waals surface area contributed by atoms with Crippen molar-refractivity contribution in [1.82, 2.24) is 52.6 Å². The molecule has 4 aromatic heterocycles. The lowest BCUT2D eigenvalue weighted by Crippen LogP contribution is -2.58. The van der Waals surface area contributed by atoms with Crippen LogP contribution in [0.15, 0.2) is 262 Å². The first kappa shape index (κ1) is 97.5. The highest BCUT2D eigenvalue weighted by Gasteiger charge is 2.59. The first-order valence-electron chi connectivity index (χ1n) is 47.4. The summed E-state index contributed by atoms with van der Waals surface area (Å²) in [5.74, 6) is -0.0455. The van der Waals surface area contributed by atoms with E-state index in [0.29, 0.717) is 25.0 Å². The van der Waals surface area contributed by atoms with Crippen molar-refractivity contribution in [3.63, 3.8) is 0 Å². The summed E-state index contributed by atoms with van der Waals surface area (Å²) < 4.78 is 129. The van der Waals surface area contributed by atoms with E-state index in [4.69, 9.17) is 56.1 Å². The summed E-state index contributed by atoms with van der Waals surface area (Å²) in [4.78, 5) is 78.5. The molecule has 720 valence electrons. The summed E-state index contributed by atoms with van der Waals surface area (Å²) in [7, 11) is -11.1. The van der Waals surface area contributed by atoms with Crippen LogP contribution in [0, 0.1) is 11.3 Å². The van der Waals surface area contributed by atoms with E-state index in [9.17, 15) is 24.0 Å². The molecule has 0 bridgehead atoms. The molecule has 38 heteroatoms. The number of halogens is 3. The number of carbonyl (C=O) groups excluding carboxylic acids is 1. The molecular weight excluding hydrogens is 1860 g/mol. The fourth-order valence-corrected chi connectivity index (χ4v) is 38.7. The second-order valence-corrected chi connectivity index (χ2v) is 53.6. The fourth-order valence-electron chi connectivity index (χ4n) is 20.8. The summed E-state index contributed by atoms with van der Waals surface area (Å²) in [5, 5.41) is 19.9. The van der Waals surface area contributed by atoms with Gasteiger partial charge in [0.1, 0.15) is 54.9 Å². The quantitative estimate of drug-likeness (QED) is 0.0206. The number of nitriles is 1. The molecule has 7 aromatic carbocycles. The number of alkyl halides is 3. The molecule has 20 rings (SSSR count). The van der Waals surface area contributed by atoms with E-state index < -0.39 is 152 Å². The molecule has 0 radical (unpaired) electrons. The Morgan fingerprint density at radius 3 is 1.13 bits per heavy atom. The van der Waals surface area contributed by atoms with Crippen LogP contribution < -0.4 is 68.4 Å². The third-order valence-corrected chi connectivity index (χ3v) is 46.7. The number of imidazole rings is 1. The highest BCUT2D eigenvalue weighted by Crippen LogP contribution is 2.63. The Morgan fingerprint density at radius 1 is 0.467 bits per heavy atom. The van der Waals surface area contributed by atoms with E-state index >= 15 is 13.2 Å². The van der Waals surface area contributed by atoms with E-state index in [1.807, 2.05) is 32.9 Å². The van der Waals surface area contributed by atoms with E-state index in [-0.39, 0.29) is 79.1 Å². The molecular formula is C99H115F3N13O16P3Si3. The zero-order valence-corrected chi connectivity index (χ0v) is 82.9. The predicted molar refractivity (Wildman–Crippen MR) is 526 cm³/mol. The van der Waals surface area contributed by atoms with Crippen LogP contribution in [0.5, 0.6) is 11.6 Å². The molecule has 9 aliphatic heterocycles. The number of hydrogen-bond acceptors (Lipinski definition) is 23.